The predicted octanol–water partition coefficient (Wildman–Crippen LogP) is 6.51. The minimum absolute atomic E-state index is 0.221. The maximum atomic E-state index is 6.08. The van der Waals surface area contributed by atoms with Gasteiger partial charge in [-0.05, 0) is 41.1 Å². The van der Waals surface area contributed by atoms with Crippen LogP contribution in [0.2, 0.25) is 10.0 Å². The van der Waals surface area contributed by atoms with Crippen LogP contribution in [0.5, 0.6) is 0 Å². The normalized spacial score (nSPS) is 12.3. The smallest absolute Gasteiger partial charge is 0.0654 e. The van der Waals surface area contributed by atoms with Crippen LogP contribution in [-0.2, 0) is 6.42 Å². The van der Waals surface area contributed by atoms with Crippen molar-refractivity contribution >= 4 is 51.6 Å². The molecule has 1 nitrogen and oxygen atoms in total. The second-order valence-electron chi connectivity index (χ2n) is 4.65. The van der Waals surface area contributed by atoms with Gasteiger partial charge in [-0.3, -0.25) is 0 Å². The van der Waals surface area contributed by atoms with Crippen LogP contribution in [0.15, 0.2) is 53.2 Å². The summed E-state index contributed by atoms with van der Waals surface area (Å²) in [5, 5.41) is 9.05. The van der Waals surface area contributed by atoms with Crippen molar-refractivity contribution in [3.8, 4) is 0 Å². The van der Waals surface area contributed by atoms with E-state index in [2.05, 4.69) is 40.3 Å². The molecular formula is C16H13Cl2NS2. The Labute approximate surface area is 142 Å². The first-order valence-corrected chi connectivity index (χ1v) is 9.00. The molecule has 3 aromatic rings. The lowest BCUT2D eigenvalue weighted by molar-refractivity contribution is 0.802. The zero-order valence-electron chi connectivity index (χ0n) is 11.1. The number of anilines is 1. The fourth-order valence-electron chi connectivity index (χ4n) is 2.18. The van der Waals surface area contributed by atoms with Gasteiger partial charge in [0.1, 0.15) is 0 Å². The van der Waals surface area contributed by atoms with Crippen LogP contribution in [0, 0.1) is 0 Å². The second-order valence-corrected chi connectivity index (χ2v) is 7.54. The molecule has 0 spiro atoms. The molecule has 0 amide bonds. The van der Waals surface area contributed by atoms with Crippen molar-refractivity contribution in [2.24, 2.45) is 0 Å². The molecule has 0 aliphatic heterocycles. The summed E-state index contributed by atoms with van der Waals surface area (Å²) in [6, 6.07) is 14.3. The maximum absolute atomic E-state index is 6.08. The van der Waals surface area contributed by atoms with Gasteiger partial charge in [-0.1, -0.05) is 35.3 Å². The Morgan fingerprint density at radius 1 is 0.952 bits per heavy atom. The van der Waals surface area contributed by atoms with E-state index in [1.165, 1.54) is 9.75 Å². The quantitative estimate of drug-likeness (QED) is 0.550. The van der Waals surface area contributed by atoms with E-state index in [-0.39, 0.29) is 6.04 Å². The minimum Gasteiger partial charge on any atom is -0.377 e. The molecule has 0 saturated heterocycles. The van der Waals surface area contributed by atoms with Gasteiger partial charge in [-0.15, -0.1) is 22.7 Å². The number of hydrogen-bond donors (Lipinski definition) is 1. The molecule has 0 fully saturated rings. The highest BCUT2D eigenvalue weighted by molar-refractivity contribution is 7.10. The maximum Gasteiger partial charge on any atom is 0.0654 e. The van der Waals surface area contributed by atoms with Gasteiger partial charge in [0.2, 0.25) is 0 Å². The molecule has 0 bridgehead atoms. The van der Waals surface area contributed by atoms with E-state index in [4.69, 9.17) is 23.2 Å². The average Bonchev–Trinajstić information content (AvgIpc) is 3.10. The highest BCUT2D eigenvalue weighted by Crippen LogP contribution is 2.30. The van der Waals surface area contributed by atoms with Crippen molar-refractivity contribution < 1.29 is 0 Å². The largest absolute Gasteiger partial charge is 0.377 e. The van der Waals surface area contributed by atoms with Crippen molar-refractivity contribution in [1.29, 1.82) is 0 Å². The molecule has 1 N–H and O–H groups in total. The fourth-order valence-corrected chi connectivity index (χ4v) is 4.24. The van der Waals surface area contributed by atoms with E-state index in [1.807, 2.05) is 12.1 Å². The number of nitrogens with one attached hydrogen (secondary N) is 1. The minimum atomic E-state index is 0.221. The summed E-state index contributed by atoms with van der Waals surface area (Å²) in [4.78, 5) is 2.66. The van der Waals surface area contributed by atoms with Crippen molar-refractivity contribution in [2.75, 3.05) is 5.32 Å². The van der Waals surface area contributed by atoms with E-state index in [0.29, 0.717) is 10.0 Å². The molecular weight excluding hydrogens is 341 g/mol. The summed E-state index contributed by atoms with van der Waals surface area (Å²) in [5.74, 6) is 0. The molecule has 0 saturated carbocycles. The number of rotatable bonds is 5. The summed E-state index contributed by atoms with van der Waals surface area (Å²) in [5.41, 5.74) is 0.947. The Morgan fingerprint density at radius 2 is 1.67 bits per heavy atom. The molecule has 5 heteroatoms. The Balaban J connectivity index is 1.85. The fraction of sp³-hybridized carbons (Fsp3) is 0.125. The highest BCUT2D eigenvalue weighted by Gasteiger charge is 2.14. The molecule has 2 heterocycles. The first kappa shape index (κ1) is 14.9. The van der Waals surface area contributed by atoms with Gasteiger partial charge in [0.25, 0.3) is 0 Å². The SMILES string of the molecule is Clc1cc(Cl)cc(NC(Cc2cccs2)c2cccs2)c1. The lowest BCUT2D eigenvalue weighted by Gasteiger charge is -2.18. The van der Waals surface area contributed by atoms with Crippen LogP contribution in [0.3, 0.4) is 0 Å². The topological polar surface area (TPSA) is 12.0 Å². The molecule has 0 aliphatic rings. The summed E-state index contributed by atoms with van der Waals surface area (Å²) in [6.45, 7) is 0. The lowest BCUT2D eigenvalue weighted by atomic mass is 10.1. The first-order chi connectivity index (χ1) is 10.2. The Kier molecular flexibility index (Phi) is 4.86. The standard InChI is InChI=1S/C16H13Cl2NS2/c17-11-7-12(18)9-13(8-11)19-15(16-4-2-6-21-16)10-14-3-1-5-20-14/h1-9,15,19H,10H2. The van der Waals surface area contributed by atoms with Gasteiger partial charge < -0.3 is 5.32 Å². The summed E-state index contributed by atoms with van der Waals surface area (Å²) in [6.07, 6.45) is 0.947. The molecule has 1 atom stereocenters. The van der Waals surface area contributed by atoms with E-state index < -0.39 is 0 Å². The van der Waals surface area contributed by atoms with Gasteiger partial charge in [0, 0.05) is 31.9 Å². The van der Waals surface area contributed by atoms with Gasteiger partial charge in [0.15, 0.2) is 0 Å². The summed E-state index contributed by atoms with van der Waals surface area (Å²) in [7, 11) is 0. The first-order valence-electron chi connectivity index (χ1n) is 6.49. The third-order valence-electron chi connectivity index (χ3n) is 3.08. The Hall–Kier alpha value is -1.00. The Bertz CT molecular complexity index is 673. The molecule has 0 radical (unpaired) electrons. The van der Waals surface area contributed by atoms with E-state index in [1.54, 1.807) is 28.7 Å². The van der Waals surface area contributed by atoms with Crippen molar-refractivity contribution in [3.05, 3.63) is 73.0 Å². The van der Waals surface area contributed by atoms with Gasteiger partial charge in [-0.2, -0.15) is 0 Å². The van der Waals surface area contributed by atoms with Crippen LogP contribution in [-0.4, -0.2) is 0 Å². The van der Waals surface area contributed by atoms with Gasteiger partial charge in [0.05, 0.1) is 6.04 Å². The average molecular weight is 354 g/mol. The van der Waals surface area contributed by atoms with E-state index >= 15 is 0 Å². The number of hydrogen-bond acceptors (Lipinski definition) is 3. The van der Waals surface area contributed by atoms with Gasteiger partial charge >= 0.3 is 0 Å². The molecule has 1 aromatic carbocycles. The molecule has 3 rings (SSSR count). The number of thiophene rings is 2. The van der Waals surface area contributed by atoms with Crippen molar-refractivity contribution in [2.45, 2.75) is 12.5 Å². The number of benzene rings is 1. The Morgan fingerprint density at radius 3 is 2.29 bits per heavy atom. The zero-order chi connectivity index (χ0) is 14.7. The molecule has 0 aliphatic carbocycles. The lowest BCUT2D eigenvalue weighted by Crippen LogP contribution is -2.11. The molecule has 2 aromatic heterocycles. The van der Waals surface area contributed by atoms with Crippen LogP contribution >= 0.6 is 45.9 Å². The van der Waals surface area contributed by atoms with Crippen LogP contribution in [0.1, 0.15) is 15.8 Å². The summed E-state index contributed by atoms with van der Waals surface area (Å²) < 4.78 is 0. The van der Waals surface area contributed by atoms with Crippen LogP contribution < -0.4 is 5.32 Å². The molecule has 1 unspecified atom stereocenters. The zero-order valence-corrected chi connectivity index (χ0v) is 14.2. The highest BCUT2D eigenvalue weighted by atomic mass is 35.5. The van der Waals surface area contributed by atoms with Crippen molar-refractivity contribution in [3.63, 3.8) is 0 Å². The molecule has 108 valence electrons. The van der Waals surface area contributed by atoms with Crippen LogP contribution in [0.25, 0.3) is 0 Å². The third-order valence-corrected chi connectivity index (χ3v) is 5.40. The van der Waals surface area contributed by atoms with Gasteiger partial charge in [-0.25, -0.2) is 0 Å². The van der Waals surface area contributed by atoms with Crippen molar-refractivity contribution in [1.82, 2.24) is 0 Å². The predicted molar refractivity (Wildman–Crippen MR) is 95.2 cm³/mol. The third kappa shape index (κ3) is 4.01. The van der Waals surface area contributed by atoms with Crippen LogP contribution in [0.4, 0.5) is 5.69 Å². The van der Waals surface area contributed by atoms with E-state index in [0.717, 1.165) is 12.1 Å². The number of halogens is 2. The second kappa shape index (κ2) is 6.84. The molecule has 21 heavy (non-hydrogen) atoms. The summed E-state index contributed by atoms with van der Waals surface area (Å²) >= 11 is 15.7. The monoisotopic (exact) mass is 353 g/mol. The van der Waals surface area contributed by atoms with E-state index in [9.17, 15) is 0 Å².